The number of allylic oxidation sites excluding steroid dienone is 2. The molecule has 1 aliphatic rings. The topological polar surface area (TPSA) is 12.5 Å². The van der Waals surface area contributed by atoms with Crippen LogP contribution in [0.4, 0.5) is 0 Å². The van der Waals surface area contributed by atoms with E-state index < -0.39 is 0 Å². The van der Waals surface area contributed by atoms with Crippen LogP contribution < -0.4 is 4.74 Å². The highest BCUT2D eigenvalue weighted by molar-refractivity contribution is 6.31. The van der Waals surface area contributed by atoms with Crippen LogP contribution >= 0.6 is 11.6 Å². The van der Waals surface area contributed by atoms with Gasteiger partial charge in [-0.15, -0.1) is 6.58 Å². The van der Waals surface area contributed by atoms with Crippen molar-refractivity contribution in [2.45, 2.75) is 52.4 Å². The first-order valence-corrected chi connectivity index (χ1v) is 11.8. The maximum absolute atomic E-state index is 6.52. The highest BCUT2D eigenvalue weighted by atomic mass is 35.5. The molecule has 0 aliphatic carbocycles. The molecule has 2 aromatic carbocycles. The molecule has 1 aliphatic heterocycles. The summed E-state index contributed by atoms with van der Waals surface area (Å²) in [6, 6.07) is 14.7. The molecular weight excluding hydrogens is 402 g/mol. The Morgan fingerprint density at radius 2 is 1.97 bits per heavy atom. The fourth-order valence-electron chi connectivity index (χ4n) is 4.38. The minimum Gasteiger partial charge on any atom is -0.496 e. The second-order valence-electron chi connectivity index (χ2n) is 8.15. The van der Waals surface area contributed by atoms with Crippen LogP contribution in [0.5, 0.6) is 5.75 Å². The zero-order valence-corrected chi connectivity index (χ0v) is 20.6. The summed E-state index contributed by atoms with van der Waals surface area (Å²) < 4.78 is 5.41. The number of benzene rings is 2. The van der Waals surface area contributed by atoms with Gasteiger partial charge in [-0.05, 0) is 60.4 Å². The number of nitrogens with zero attached hydrogens (tertiary/aromatic N) is 1. The number of methoxy groups -OCH3 is 1. The Hall–Kier alpha value is -2.19. The van der Waals surface area contributed by atoms with Crippen molar-refractivity contribution < 1.29 is 4.74 Å². The summed E-state index contributed by atoms with van der Waals surface area (Å²) in [5.41, 5.74) is 4.96. The van der Waals surface area contributed by atoms with Gasteiger partial charge in [0.15, 0.2) is 0 Å². The summed E-state index contributed by atoms with van der Waals surface area (Å²) >= 11 is 6.52. The maximum Gasteiger partial charge on any atom is 0.121 e. The quantitative estimate of drug-likeness (QED) is 0.386. The van der Waals surface area contributed by atoms with E-state index in [-0.39, 0.29) is 5.92 Å². The summed E-state index contributed by atoms with van der Waals surface area (Å²) in [5, 5.41) is 0.826. The van der Waals surface area contributed by atoms with Gasteiger partial charge < -0.3 is 9.64 Å². The molecule has 0 spiro atoms. The van der Waals surface area contributed by atoms with Crippen LogP contribution in [0.15, 0.2) is 67.4 Å². The molecule has 0 bridgehead atoms. The molecule has 2 nitrogen and oxygen atoms in total. The van der Waals surface area contributed by atoms with Gasteiger partial charge in [0.05, 0.1) is 7.11 Å². The van der Waals surface area contributed by atoms with Crippen LogP contribution in [-0.4, -0.2) is 25.1 Å². The van der Waals surface area contributed by atoms with Crippen LogP contribution in [0.25, 0.3) is 0 Å². The Bertz CT molecular complexity index is 875. The molecule has 168 valence electrons. The zero-order chi connectivity index (χ0) is 23.0. The Labute approximate surface area is 194 Å². The molecule has 3 rings (SSSR count). The number of aryl methyl sites for hydroxylation is 1. The maximum atomic E-state index is 6.52. The molecule has 31 heavy (non-hydrogen) atoms. The van der Waals surface area contributed by atoms with Gasteiger partial charge in [0.1, 0.15) is 5.75 Å². The van der Waals surface area contributed by atoms with E-state index in [0.29, 0.717) is 11.8 Å². The van der Waals surface area contributed by atoms with Gasteiger partial charge in [-0.1, -0.05) is 75.4 Å². The van der Waals surface area contributed by atoms with Crippen molar-refractivity contribution >= 4 is 11.6 Å². The molecule has 3 atom stereocenters. The van der Waals surface area contributed by atoms with Crippen LogP contribution in [-0.2, 0) is 0 Å². The highest BCUT2D eigenvalue weighted by Crippen LogP contribution is 2.38. The third-order valence-electron chi connectivity index (χ3n) is 6.29. The van der Waals surface area contributed by atoms with Crippen molar-refractivity contribution in [3.8, 4) is 5.75 Å². The number of ether oxygens (including phenoxy) is 1. The molecule has 1 saturated heterocycles. The summed E-state index contributed by atoms with van der Waals surface area (Å²) in [7, 11) is 1.73. The van der Waals surface area contributed by atoms with Crippen molar-refractivity contribution in [1.29, 1.82) is 0 Å². The smallest absolute Gasteiger partial charge is 0.121 e. The van der Waals surface area contributed by atoms with Gasteiger partial charge >= 0.3 is 0 Å². The van der Waals surface area contributed by atoms with E-state index in [1.165, 1.54) is 22.4 Å². The first-order chi connectivity index (χ1) is 14.9. The SMILES string of the molecule is C=CC(C)C(CC(=C)N1CCC(c2ccc(OC)c(C)c2)C1)c1ccccc1Cl.CC. The normalized spacial score (nSPS) is 17.4. The third-order valence-corrected chi connectivity index (χ3v) is 6.64. The number of hydrogen-bond acceptors (Lipinski definition) is 2. The monoisotopic (exact) mass is 439 g/mol. The van der Waals surface area contributed by atoms with Gasteiger partial charge in [-0.2, -0.15) is 0 Å². The first kappa shape index (κ1) is 25.1. The predicted molar refractivity (Wildman–Crippen MR) is 135 cm³/mol. The third kappa shape index (κ3) is 6.17. The molecular formula is C28H38ClNO. The van der Waals surface area contributed by atoms with Gasteiger partial charge in [0.2, 0.25) is 0 Å². The second-order valence-corrected chi connectivity index (χ2v) is 8.56. The molecule has 0 saturated carbocycles. The average molecular weight is 440 g/mol. The molecule has 1 fully saturated rings. The predicted octanol–water partition coefficient (Wildman–Crippen LogP) is 7.98. The fourth-order valence-corrected chi connectivity index (χ4v) is 4.65. The lowest BCUT2D eigenvalue weighted by Crippen LogP contribution is -2.22. The average Bonchev–Trinajstić information content (AvgIpc) is 3.29. The fraction of sp³-hybridized carbons (Fsp3) is 0.429. The largest absolute Gasteiger partial charge is 0.496 e. The van der Waals surface area contributed by atoms with Gasteiger partial charge in [0, 0.05) is 29.7 Å². The summed E-state index contributed by atoms with van der Waals surface area (Å²) in [6.07, 6.45) is 4.07. The number of rotatable bonds is 8. The molecule has 3 unspecified atom stereocenters. The van der Waals surface area contributed by atoms with Crippen LogP contribution in [0.1, 0.15) is 62.1 Å². The van der Waals surface area contributed by atoms with Gasteiger partial charge in [0.25, 0.3) is 0 Å². The lowest BCUT2D eigenvalue weighted by Gasteiger charge is -2.29. The molecule has 0 amide bonds. The minimum absolute atomic E-state index is 0.288. The summed E-state index contributed by atoms with van der Waals surface area (Å²) in [6.45, 7) is 18.9. The van der Waals surface area contributed by atoms with E-state index in [2.05, 4.69) is 62.2 Å². The van der Waals surface area contributed by atoms with E-state index in [1.54, 1.807) is 7.11 Å². The van der Waals surface area contributed by atoms with Crippen LogP contribution in [0.3, 0.4) is 0 Å². The molecule has 0 radical (unpaired) electrons. The molecule has 0 aromatic heterocycles. The number of halogens is 1. The summed E-state index contributed by atoms with van der Waals surface area (Å²) in [4.78, 5) is 2.45. The van der Waals surface area contributed by atoms with Crippen molar-refractivity contribution in [1.82, 2.24) is 4.90 Å². The van der Waals surface area contributed by atoms with E-state index in [0.717, 1.165) is 36.7 Å². The molecule has 1 heterocycles. The van der Waals surface area contributed by atoms with Crippen molar-refractivity contribution in [3.05, 3.63) is 89.1 Å². The van der Waals surface area contributed by atoms with Crippen molar-refractivity contribution in [2.75, 3.05) is 20.2 Å². The van der Waals surface area contributed by atoms with Gasteiger partial charge in [-0.3, -0.25) is 0 Å². The van der Waals surface area contributed by atoms with Crippen LogP contribution in [0, 0.1) is 12.8 Å². The van der Waals surface area contributed by atoms with Crippen molar-refractivity contribution in [2.24, 2.45) is 5.92 Å². The standard InChI is InChI=1S/C26H32ClNO.C2H6/c1-6-18(2)24(23-9-7-8-10-25(23)27)16-20(4)28-14-13-22(17-28)21-11-12-26(29-5)19(3)15-21;1-2/h6-12,15,18,22,24H,1,4,13-14,16-17H2,2-3,5H3;1-2H3. The highest BCUT2D eigenvalue weighted by Gasteiger charge is 2.28. The van der Waals surface area contributed by atoms with E-state index in [9.17, 15) is 0 Å². The Balaban J connectivity index is 0.00000166. The lowest BCUT2D eigenvalue weighted by atomic mass is 9.83. The second kappa shape index (κ2) is 12.0. The zero-order valence-electron chi connectivity index (χ0n) is 19.8. The van der Waals surface area contributed by atoms with Crippen molar-refractivity contribution in [3.63, 3.8) is 0 Å². The number of hydrogen-bond donors (Lipinski definition) is 0. The van der Waals surface area contributed by atoms with Crippen LogP contribution in [0.2, 0.25) is 5.02 Å². The van der Waals surface area contributed by atoms with E-state index in [1.807, 2.05) is 32.1 Å². The Morgan fingerprint density at radius 1 is 1.26 bits per heavy atom. The van der Waals surface area contributed by atoms with Gasteiger partial charge in [-0.25, -0.2) is 0 Å². The molecule has 3 heteroatoms. The molecule has 0 N–H and O–H groups in total. The molecule has 2 aromatic rings. The first-order valence-electron chi connectivity index (χ1n) is 11.4. The van der Waals surface area contributed by atoms with E-state index in [4.69, 9.17) is 16.3 Å². The Kier molecular flexibility index (Phi) is 9.71. The minimum atomic E-state index is 0.288. The number of likely N-dealkylation sites (tertiary alicyclic amines) is 1. The summed E-state index contributed by atoms with van der Waals surface area (Å²) in [5.74, 6) is 2.10. The lowest BCUT2D eigenvalue weighted by molar-refractivity contribution is 0.380. The Morgan fingerprint density at radius 3 is 2.58 bits per heavy atom. The van der Waals surface area contributed by atoms with E-state index >= 15 is 0 Å².